The molecule has 3 rings (SSSR count). The van der Waals surface area contributed by atoms with Crippen molar-refractivity contribution in [1.29, 1.82) is 0 Å². The molecule has 0 bridgehead atoms. The summed E-state index contributed by atoms with van der Waals surface area (Å²) in [5, 5.41) is 3.37. The number of rotatable bonds is 8. The third-order valence-electron chi connectivity index (χ3n) is 5.71. The van der Waals surface area contributed by atoms with Crippen molar-refractivity contribution in [1.82, 2.24) is 0 Å². The number of allylic oxidation sites excluding steroid dienone is 1. The first-order valence-electron chi connectivity index (χ1n) is 10.7. The van der Waals surface area contributed by atoms with Crippen LogP contribution in [0.2, 0.25) is 0 Å². The third kappa shape index (κ3) is 6.54. The van der Waals surface area contributed by atoms with Gasteiger partial charge >= 0.3 is 6.18 Å². The quantitative estimate of drug-likeness (QED) is 0.487. The fourth-order valence-electron chi connectivity index (χ4n) is 4.16. The lowest BCUT2D eigenvalue weighted by atomic mass is 9.93. The Morgan fingerprint density at radius 1 is 1.03 bits per heavy atom. The average molecular weight is 417 g/mol. The minimum atomic E-state index is -4.16. The molecule has 1 saturated carbocycles. The van der Waals surface area contributed by atoms with Crippen molar-refractivity contribution < 1.29 is 13.2 Å². The van der Waals surface area contributed by atoms with Gasteiger partial charge in [-0.1, -0.05) is 67.8 Å². The molecule has 5 heteroatoms. The number of benzene rings is 2. The van der Waals surface area contributed by atoms with Crippen molar-refractivity contribution in [2.75, 3.05) is 16.8 Å². The van der Waals surface area contributed by atoms with Crippen LogP contribution >= 0.6 is 0 Å². The van der Waals surface area contributed by atoms with Crippen LogP contribution in [-0.4, -0.2) is 18.8 Å². The first-order chi connectivity index (χ1) is 14.3. The number of para-hydroxylation sites is 2. The Kier molecular flexibility index (Phi) is 7.46. The third-order valence-corrected chi connectivity index (χ3v) is 5.71. The van der Waals surface area contributed by atoms with E-state index in [1.54, 1.807) is 0 Å². The van der Waals surface area contributed by atoms with Crippen molar-refractivity contribution in [3.63, 3.8) is 0 Å². The molecular formula is C25H31F3N2. The normalized spacial score (nSPS) is 15.1. The predicted molar refractivity (Wildman–Crippen MR) is 119 cm³/mol. The molecule has 30 heavy (non-hydrogen) atoms. The summed E-state index contributed by atoms with van der Waals surface area (Å²) in [6, 6.07) is 16.1. The molecule has 2 aromatic carbocycles. The predicted octanol–water partition coefficient (Wildman–Crippen LogP) is 7.25. The molecule has 0 heterocycles. The van der Waals surface area contributed by atoms with Crippen molar-refractivity contribution in [3.8, 4) is 0 Å². The number of alkyl halides is 3. The smallest absolute Gasteiger partial charge is 0.367 e. The number of hydrogen-bond acceptors (Lipinski definition) is 2. The highest BCUT2D eigenvalue weighted by Gasteiger charge is 2.31. The number of hydrogen-bond donors (Lipinski definition) is 1. The number of nitrogens with zero attached hydrogens (tertiary/aromatic N) is 1. The fraction of sp³-hybridized carbons (Fsp3) is 0.440. The summed E-state index contributed by atoms with van der Waals surface area (Å²) in [6.07, 6.45) is 0.892. The summed E-state index contributed by atoms with van der Waals surface area (Å²) in [7, 11) is 0. The summed E-state index contributed by atoms with van der Waals surface area (Å²) in [6.45, 7) is 6.19. The summed E-state index contributed by atoms with van der Waals surface area (Å²) in [5.41, 5.74) is 4.83. The lowest BCUT2D eigenvalue weighted by Gasteiger charge is -2.37. The van der Waals surface area contributed by atoms with Gasteiger partial charge in [0.1, 0.15) is 0 Å². The number of anilines is 2. The maximum atomic E-state index is 13.0. The van der Waals surface area contributed by atoms with E-state index in [0.717, 1.165) is 54.7 Å². The molecule has 162 valence electrons. The minimum absolute atomic E-state index is 0.0166. The summed E-state index contributed by atoms with van der Waals surface area (Å²) in [5.74, 6) is 0. The van der Waals surface area contributed by atoms with Gasteiger partial charge in [-0.3, -0.25) is 0 Å². The summed E-state index contributed by atoms with van der Waals surface area (Å²) >= 11 is 0. The summed E-state index contributed by atoms with van der Waals surface area (Å²) < 4.78 is 39.1. The van der Waals surface area contributed by atoms with E-state index in [2.05, 4.69) is 36.2 Å². The highest BCUT2D eigenvalue weighted by atomic mass is 19.4. The van der Waals surface area contributed by atoms with Gasteiger partial charge in [0.2, 0.25) is 0 Å². The zero-order valence-corrected chi connectivity index (χ0v) is 17.6. The average Bonchev–Trinajstić information content (AvgIpc) is 2.71. The van der Waals surface area contributed by atoms with Gasteiger partial charge in [0, 0.05) is 24.7 Å². The Hall–Kier alpha value is -2.43. The first kappa shape index (κ1) is 22.3. The molecule has 2 nitrogen and oxygen atoms in total. The highest BCUT2D eigenvalue weighted by Crippen LogP contribution is 2.34. The van der Waals surface area contributed by atoms with E-state index in [0.29, 0.717) is 6.42 Å². The van der Waals surface area contributed by atoms with E-state index in [9.17, 15) is 13.2 Å². The Morgan fingerprint density at radius 3 is 2.37 bits per heavy atom. The fourth-order valence-corrected chi connectivity index (χ4v) is 4.16. The Labute approximate surface area is 177 Å². The molecule has 0 amide bonds. The molecule has 0 saturated heterocycles. The maximum Gasteiger partial charge on any atom is 0.390 e. The molecule has 0 atom stereocenters. The molecule has 0 aliphatic heterocycles. The number of aryl methyl sites for hydroxylation is 1. The van der Waals surface area contributed by atoms with Gasteiger partial charge in [-0.15, -0.1) is 0 Å². The zero-order valence-electron chi connectivity index (χ0n) is 17.6. The molecule has 1 fully saturated rings. The lowest BCUT2D eigenvalue weighted by molar-refractivity contribution is -0.132. The summed E-state index contributed by atoms with van der Waals surface area (Å²) in [4.78, 5) is 1.97. The van der Waals surface area contributed by atoms with Crippen molar-refractivity contribution in [2.24, 2.45) is 0 Å². The lowest BCUT2D eigenvalue weighted by Crippen LogP contribution is -2.39. The molecule has 0 spiro atoms. The standard InChI is InChI=1S/C25H31F3N2/c1-19-12-14-21(15-13-19)18-20(2)29-23-10-6-7-11-24(23)30(17-16-25(26,27)28)22-8-4-3-5-9-22/h6-7,10-15,22,29H,2-5,8-9,16-18H2,1H3. The molecular weight excluding hydrogens is 385 g/mol. The second kappa shape index (κ2) is 10.1. The van der Waals surface area contributed by atoms with Crippen LogP contribution in [0.3, 0.4) is 0 Å². The topological polar surface area (TPSA) is 15.3 Å². The Balaban J connectivity index is 1.78. The van der Waals surface area contributed by atoms with Crippen LogP contribution in [0.15, 0.2) is 60.8 Å². The van der Waals surface area contributed by atoms with Crippen molar-refractivity contribution in [2.45, 2.75) is 64.1 Å². The Morgan fingerprint density at radius 2 is 1.70 bits per heavy atom. The molecule has 2 aromatic rings. The van der Waals surface area contributed by atoms with Crippen LogP contribution in [0.25, 0.3) is 0 Å². The minimum Gasteiger partial charge on any atom is -0.367 e. The monoisotopic (exact) mass is 416 g/mol. The second-order valence-corrected chi connectivity index (χ2v) is 8.26. The van der Waals surface area contributed by atoms with E-state index in [-0.39, 0.29) is 12.6 Å². The van der Waals surface area contributed by atoms with Crippen LogP contribution in [-0.2, 0) is 6.42 Å². The maximum absolute atomic E-state index is 13.0. The van der Waals surface area contributed by atoms with Crippen LogP contribution in [0.1, 0.15) is 49.7 Å². The Bertz CT molecular complexity index is 821. The van der Waals surface area contributed by atoms with E-state index in [4.69, 9.17) is 0 Å². The van der Waals surface area contributed by atoms with Crippen LogP contribution in [0.4, 0.5) is 24.5 Å². The van der Waals surface area contributed by atoms with Crippen molar-refractivity contribution in [3.05, 3.63) is 71.9 Å². The SMILES string of the molecule is C=C(Cc1ccc(C)cc1)Nc1ccccc1N(CCC(F)(F)F)C1CCCCC1. The van der Waals surface area contributed by atoms with E-state index in [1.807, 2.05) is 36.1 Å². The van der Waals surface area contributed by atoms with E-state index in [1.165, 1.54) is 5.56 Å². The molecule has 1 N–H and O–H groups in total. The molecule has 1 aliphatic rings. The molecule has 0 radical (unpaired) electrons. The van der Waals surface area contributed by atoms with Crippen LogP contribution in [0, 0.1) is 6.92 Å². The molecule has 1 aliphatic carbocycles. The van der Waals surface area contributed by atoms with Gasteiger partial charge in [-0.2, -0.15) is 13.2 Å². The van der Waals surface area contributed by atoms with E-state index >= 15 is 0 Å². The van der Waals surface area contributed by atoms with Gasteiger partial charge in [-0.25, -0.2) is 0 Å². The molecule has 0 unspecified atom stereocenters. The van der Waals surface area contributed by atoms with Crippen LogP contribution in [0.5, 0.6) is 0 Å². The highest BCUT2D eigenvalue weighted by molar-refractivity contribution is 5.72. The van der Waals surface area contributed by atoms with Gasteiger partial charge < -0.3 is 10.2 Å². The zero-order chi connectivity index (χ0) is 21.6. The largest absolute Gasteiger partial charge is 0.390 e. The second-order valence-electron chi connectivity index (χ2n) is 8.26. The van der Waals surface area contributed by atoms with Gasteiger partial charge in [0.15, 0.2) is 0 Å². The van der Waals surface area contributed by atoms with Gasteiger partial charge in [0.05, 0.1) is 17.8 Å². The van der Waals surface area contributed by atoms with E-state index < -0.39 is 12.6 Å². The van der Waals surface area contributed by atoms with Gasteiger partial charge in [-0.05, 0) is 37.5 Å². The first-order valence-corrected chi connectivity index (χ1v) is 10.7. The van der Waals surface area contributed by atoms with Gasteiger partial charge in [0.25, 0.3) is 0 Å². The number of nitrogens with one attached hydrogen (secondary N) is 1. The van der Waals surface area contributed by atoms with Crippen molar-refractivity contribution >= 4 is 11.4 Å². The number of halogens is 3. The molecule has 0 aromatic heterocycles. The van der Waals surface area contributed by atoms with Crippen LogP contribution < -0.4 is 10.2 Å².